The quantitative estimate of drug-likeness (QED) is 0.737. The Bertz CT molecular complexity index is 384. The fourth-order valence-electron chi connectivity index (χ4n) is 1.73. The van der Waals surface area contributed by atoms with Gasteiger partial charge in [-0.15, -0.1) is 0 Å². The SMILES string of the molecule is c1ccc(CSCCCNc2ccccc2)cc1. The van der Waals surface area contributed by atoms with E-state index in [1.165, 1.54) is 23.4 Å². The van der Waals surface area contributed by atoms with Gasteiger partial charge in [0.15, 0.2) is 0 Å². The van der Waals surface area contributed by atoms with Crippen LogP contribution in [0, 0.1) is 0 Å². The van der Waals surface area contributed by atoms with Crippen molar-refractivity contribution in [2.75, 3.05) is 17.6 Å². The van der Waals surface area contributed by atoms with Gasteiger partial charge in [-0.25, -0.2) is 0 Å². The molecule has 0 aromatic heterocycles. The number of anilines is 1. The van der Waals surface area contributed by atoms with Crippen LogP contribution in [0.1, 0.15) is 12.0 Å². The maximum atomic E-state index is 3.43. The van der Waals surface area contributed by atoms with Gasteiger partial charge in [-0.1, -0.05) is 48.5 Å². The van der Waals surface area contributed by atoms with E-state index in [9.17, 15) is 0 Å². The van der Waals surface area contributed by atoms with Crippen molar-refractivity contribution in [2.24, 2.45) is 0 Å². The molecule has 0 unspecified atom stereocenters. The lowest BCUT2D eigenvalue weighted by Gasteiger charge is -2.06. The molecule has 0 heterocycles. The lowest BCUT2D eigenvalue weighted by molar-refractivity contribution is 0.991. The minimum atomic E-state index is 1.05. The number of nitrogens with one attached hydrogen (secondary N) is 1. The van der Waals surface area contributed by atoms with Crippen molar-refractivity contribution in [3.63, 3.8) is 0 Å². The number of hydrogen-bond donors (Lipinski definition) is 1. The molecule has 0 radical (unpaired) electrons. The van der Waals surface area contributed by atoms with Gasteiger partial charge in [0.25, 0.3) is 0 Å². The Morgan fingerprint density at radius 3 is 2.22 bits per heavy atom. The molecular weight excluding hydrogens is 238 g/mol. The summed E-state index contributed by atoms with van der Waals surface area (Å²) in [5, 5.41) is 3.43. The average Bonchev–Trinajstić information content (AvgIpc) is 2.45. The molecule has 0 spiro atoms. The predicted octanol–water partition coefficient (Wildman–Crippen LogP) is 4.42. The van der Waals surface area contributed by atoms with Crippen LogP contribution in [0.25, 0.3) is 0 Å². The van der Waals surface area contributed by atoms with E-state index >= 15 is 0 Å². The van der Waals surface area contributed by atoms with Gasteiger partial charge in [0.2, 0.25) is 0 Å². The summed E-state index contributed by atoms with van der Waals surface area (Å²) in [5.41, 5.74) is 2.63. The van der Waals surface area contributed by atoms with Crippen molar-refractivity contribution < 1.29 is 0 Å². The summed E-state index contributed by atoms with van der Waals surface area (Å²) < 4.78 is 0. The van der Waals surface area contributed by atoms with Gasteiger partial charge in [0.1, 0.15) is 0 Å². The van der Waals surface area contributed by atoms with Crippen LogP contribution in [0.2, 0.25) is 0 Å². The number of hydrogen-bond acceptors (Lipinski definition) is 2. The average molecular weight is 257 g/mol. The van der Waals surface area contributed by atoms with E-state index in [0.717, 1.165) is 12.3 Å². The molecule has 2 aromatic carbocycles. The summed E-state index contributed by atoms with van der Waals surface area (Å²) in [4.78, 5) is 0. The molecule has 2 aromatic rings. The normalized spacial score (nSPS) is 10.2. The summed E-state index contributed by atoms with van der Waals surface area (Å²) in [7, 11) is 0. The molecule has 2 rings (SSSR count). The fraction of sp³-hybridized carbons (Fsp3) is 0.250. The first kappa shape index (κ1) is 13.0. The van der Waals surface area contributed by atoms with Crippen molar-refractivity contribution in [2.45, 2.75) is 12.2 Å². The molecular formula is C16H19NS. The first-order valence-electron chi connectivity index (χ1n) is 6.36. The minimum absolute atomic E-state index is 1.05. The Morgan fingerprint density at radius 1 is 0.833 bits per heavy atom. The van der Waals surface area contributed by atoms with Crippen LogP contribution in [-0.2, 0) is 5.75 Å². The largest absolute Gasteiger partial charge is 0.385 e. The Hall–Kier alpha value is -1.41. The van der Waals surface area contributed by atoms with Crippen LogP contribution in [-0.4, -0.2) is 12.3 Å². The van der Waals surface area contributed by atoms with Gasteiger partial charge >= 0.3 is 0 Å². The van der Waals surface area contributed by atoms with Gasteiger partial charge < -0.3 is 5.32 Å². The van der Waals surface area contributed by atoms with Gasteiger partial charge in [0, 0.05) is 18.0 Å². The highest BCUT2D eigenvalue weighted by atomic mass is 32.2. The lowest BCUT2D eigenvalue weighted by Crippen LogP contribution is -2.02. The summed E-state index contributed by atoms with van der Waals surface area (Å²) in [6.07, 6.45) is 1.20. The summed E-state index contributed by atoms with van der Waals surface area (Å²) in [5.74, 6) is 2.32. The Balaban J connectivity index is 1.54. The zero-order chi connectivity index (χ0) is 12.5. The van der Waals surface area contributed by atoms with Gasteiger partial charge in [-0.2, -0.15) is 11.8 Å². The highest BCUT2D eigenvalue weighted by molar-refractivity contribution is 7.98. The van der Waals surface area contributed by atoms with Gasteiger partial charge in [-0.05, 0) is 29.9 Å². The zero-order valence-electron chi connectivity index (χ0n) is 10.5. The topological polar surface area (TPSA) is 12.0 Å². The van der Waals surface area contributed by atoms with E-state index in [-0.39, 0.29) is 0 Å². The van der Waals surface area contributed by atoms with E-state index in [1.54, 1.807) is 0 Å². The smallest absolute Gasteiger partial charge is 0.0340 e. The molecule has 0 bridgehead atoms. The number of benzene rings is 2. The third kappa shape index (κ3) is 4.84. The highest BCUT2D eigenvalue weighted by Crippen LogP contribution is 2.13. The first-order chi connectivity index (χ1) is 8.95. The van der Waals surface area contributed by atoms with Crippen LogP contribution < -0.4 is 5.32 Å². The Labute approximate surface area is 114 Å². The molecule has 18 heavy (non-hydrogen) atoms. The number of thioether (sulfide) groups is 1. The Kier molecular flexibility index (Phi) is 5.67. The second-order valence-corrected chi connectivity index (χ2v) is 5.29. The molecule has 1 N–H and O–H groups in total. The van der Waals surface area contributed by atoms with Crippen LogP contribution in [0.3, 0.4) is 0 Å². The van der Waals surface area contributed by atoms with Crippen molar-refractivity contribution in [3.8, 4) is 0 Å². The molecule has 0 atom stereocenters. The molecule has 0 aliphatic carbocycles. The third-order valence-electron chi connectivity index (χ3n) is 2.68. The van der Waals surface area contributed by atoms with E-state index in [1.807, 2.05) is 17.8 Å². The van der Waals surface area contributed by atoms with Crippen molar-refractivity contribution >= 4 is 17.4 Å². The molecule has 0 amide bonds. The Morgan fingerprint density at radius 2 is 1.50 bits per heavy atom. The number of rotatable bonds is 7. The van der Waals surface area contributed by atoms with E-state index in [2.05, 4.69) is 59.9 Å². The van der Waals surface area contributed by atoms with E-state index in [0.29, 0.717) is 0 Å². The molecule has 94 valence electrons. The molecule has 0 saturated carbocycles. The molecule has 0 aliphatic heterocycles. The fourth-order valence-corrected chi connectivity index (χ4v) is 2.65. The van der Waals surface area contributed by atoms with Gasteiger partial charge in [-0.3, -0.25) is 0 Å². The molecule has 2 heteroatoms. The second kappa shape index (κ2) is 7.83. The highest BCUT2D eigenvalue weighted by Gasteiger charge is 1.93. The van der Waals surface area contributed by atoms with Crippen LogP contribution in [0.15, 0.2) is 60.7 Å². The maximum Gasteiger partial charge on any atom is 0.0340 e. The van der Waals surface area contributed by atoms with Crippen molar-refractivity contribution in [1.29, 1.82) is 0 Å². The second-order valence-electron chi connectivity index (χ2n) is 4.18. The van der Waals surface area contributed by atoms with E-state index < -0.39 is 0 Å². The molecule has 1 nitrogen and oxygen atoms in total. The van der Waals surface area contributed by atoms with Crippen molar-refractivity contribution in [1.82, 2.24) is 0 Å². The minimum Gasteiger partial charge on any atom is -0.385 e. The van der Waals surface area contributed by atoms with Crippen LogP contribution in [0.5, 0.6) is 0 Å². The number of para-hydroxylation sites is 1. The molecule has 0 saturated heterocycles. The lowest BCUT2D eigenvalue weighted by atomic mass is 10.2. The predicted molar refractivity (Wildman–Crippen MR) is 82.2 cm³/mol. The van der Waals surface area contributed by atoms with Crippen LogP contribution >= 0.6 is 11.8 Å². The van der Waals surface area contributed by atoms with E-state index in [4.69, 9.17) is 0 Å². The first-order valence-corrected chi connectivity index (χ1v) is 7.51. The summed E-state index contributed by atoms with van der Waals surface area (Å²) in [6, 6.07) is 21.0. The summed E-state index contributed by atoms with van der Waals surface area (Å²) >= 11 is 2.00. The molecule has 0 aliphatic rings. The maximum absolute atomic E-state index is 3.43. The van der Waals surface area contributed by atoms with Gasteiger partial charge in [0.05, 0.1) is 0 Å². The monoisotopic (exact) mass is 257 g/mol. The summed E-state index contributed by atoms with van der Waals surface area (Å²) in [6.45, 7) is 1.05. The zero-order valence-corrected chi connectivity index (χ0v) is 11.3. The van der Waals surface area contributed by atoms with Crippen LogP contribution in [0.4, 0.5) is 5.69 Å². The van der Waals surface area contributed by atoms with Crippen molar-refractivity contribution in [3.05, 3.63) is 66.2 Å². The third-order valence-corrected chi connectivity index (χ3v) is 3.79. The molecule has 0 fully saturated rings. The standard InChI is InChI=1S/C16H19NS/c1-3-8-15(9-4-1)14-18-13-7-12-17-16-10-5-2-6-11-16/h1-6,8-11,17H,7,12-14H2.